The largest absolute Gasteiger partial charge is 0.484 e. The molecule has 2 aromatic carbocycles. The first-order valence-electron chi connectivity index (χ1n) is 6.70. The predicted octanol–water partition coefficient (Wildman–Crippen LogP) is 3.23. The molecule has 0 aliphatic carbocycles. The molecule has 6 heteroatoms. The summed E-state index contributed by atoms with van der Waals surface area (Å²) in [6, 6.07) is 11.5. The number of nitrogens with zero attached hydrogens (tertiary/aromatic N) is 1. The molecule has 0 aromatic heterocycles. The fourth-order valence-corrected chi connectivity index (χ4v) is 1.88. The maximum absolute atomic E-state index is 11.9. The highest BCUT2D eigenvalue weighted by Crippen LogP contribution is 2.23. The Kier molecular flexibility index (Phi) is 4.73. The van der Waals surface area contributed by atoms with E-state index in [0.717, 1.165) is 11.1 Å². The fourth-order valence-electron chi connectivity index (χ4n) is 1.88. The van der Waals surface area contributed by atoms with Gasteiger partial charge in [-0.25, -0.2) is 0 Å². The molecule has 2 aromatic rings. The molecule has 0 aliphatic rings. The summed E-state index contributed by atoms with van der Waals surface area (Å²) in [5.41, 5.74) is 2.21. The smallest absolute Gasteiger partial charge is 0.292 e. The standard InChI is InChI=1S/C16H16N2O4/c1-11-7-8-13(9-12(11)2)22-10-16(19)17-14-5-3-4-6-15(14)18(20)21/h3-9H,10H2,1-2H3,(H,17,19). The van der Waals surface area contributed by atoms with Crippen molar-refractivity contribution >= 4 is 17.3 Å². The highest BCUT2D eigenvalue weighted by Gasteiger charge is 2.14. The van der Waals surface area contributed by atoms with E-state index >= 15 is 0 Å². The number of carbonyl (C=O) groups excluding carboxylic acids is 1. The Morgan fingerprint density at radius 3 is 2.59 bits per heavy atom. The molecule has 0 heterocycles. The molecule has 0 bridgehead atoms. The number of para-hydroxylation sites is 2. The number of benzene rings is 2. The van der Waals surface area contributed by atoms with Gasteiger partial charge >= 0.3 is 0 Å². The average molecular weight is 300 g/mol. The van der Waals surface area contributed by atoms with Gasteiger partial charge in [-0.05, 0) is 43.2 Å². The molecule has 0 radical (unpaired) electrons. The van der Waals surface area contributed by atoms with Crippen LogP contribution in [0.4, 0.5) is 11.4 Å². The van der Waals surface area contributed by atoms with Gasteiger partial charge in [0.25, 0.3) is 11.6 Å². The molecule has 0 spiro atoms. The molecule has 0 saturated heterocycles. The first-order chi connectivity index (χ1) is 10.5. The van der Waals surface area contributed by atoms with E-state index in [9.17, 15) is 14.9 Å². The van der Waals surface area contributed by atoms with Crippen molar-refractivity contribution in [1.82, 2.24) is 0 Å². The van der Waals surface area contributed by atoms with Crippen LogP contribution in [0.5, 0.6) is 5.75 Å². The first kappa shape index (κ1) is 15.5. The Balaban J connectivity index is 1.99. The van der Waals surface area contributed by atoms with Gasteiger partial charge < -0.3 is 10.1 Å². The van der Waals surface area contributed by atoms with Crippen molar-refractivity contribution in [1.29, 1.82) is 0 Å². The number of hydrogen-bond donors (Lipinski definition) is 1. The zero-order valence-electron chi connectivity index (χ0n) is 12.3. The summed E-state index contributed by atoms with van der Waals surface area (Å²) >= 11 is 0. The van der Waals surface area contributed by atoms with Crippen LogP contribution in [0.15, 0.2) is 42.5 Å². The molecular formula is C16H16N2O4. The summed E-state index contributed by atoms with van der Waals surface area (Å²) in [6.07, 6.45) is 0. The molecule has 0 aliphatic heterocycles. The van der Waals surface area contributed by atoms with Gasteiger partial charge in [0.15, 0.2) is 6.61 Å². The lowest BCUT2D eigenvalue weighted by atomic mass is 10.1. The van der Waals surface area contributed by atoms with Gasteiger partial charge in [0.2, 0.25) is 0 Å². The Morgan fingerprint density at radius 2 is 1.91 bits per heavy atom. The third-order valence-electron chi connectivity index (χ3n) is 3.22. The van der Waals surface area contributed by atoms with Crippen molar-refractivity contribution in [2.75, 3.05) is 11.9 Å². The third-order valence-corrected chi connectivity index (χ3v) is 3.22. The molecule has 6 nitrogen and oxygen atoms in total. The van der Waals surface area contributed by atoms with Gasteiger partial charge in [-0.3, -0.25) is 14.9 Å². The normalized spacial score (nSPS) is 10.1. The van der Waals surface area contributed by atoms with Crippen LogP contribution in [-0.4, -0.2) is 17.4 Å². The zero-order valence-corrected chi connectivity index (χ0v) is 12.3. The lowest BCUT2D eigenvalue weighted by molar-refractivity contribution is -0.383. The second-order valence-electron chi connectivity index (χ2n) is 4.86. The van der Waals surface area contributed by atoms with E-state index in [2.05, 4.69) is 5.32 Å². The van der Waals surface area contributed by atoms with Crippen molar-refractivity contribution < 1.29 is 14.5 Å². The molecule has 2 rings (SSSR count). The minimum Gasteiger partial charge on any atom is -0.484 e. The summed E-state index contributed by atoms with van der Waals surface area (Å²) in [5.74, 6) is 0.133. The molecule has 0 atom stereocenters. The van der Waals surface area contributed by atoms with E-state index in [-0.39, 0.29) is 18.0 Å². The summed E-state index contributed by atoms with van der Waals surface area (Å²) in [4.78, 5) is 22.2. The summed E-state index contributed by atoms with van der Waals surface area (Å²) < 4.78 is 5.39. The molecule has 0 saturated carbocycles. The van der Waals surface area contributed by atoms with Gasteiger partial charge in [-0.15, -0.1) is 0 Å². The first-order valence-corrected chi connectivity index (χ1v) is 6.70. The molecule has 1 amide bonds. The number of rotatable bonds is 5. The van der Waals surface area contributed by atoms with Gasteiger partial charge in [0, 0.05) is 6.07 Å². The maximum atomic E-state index is 11.9. The average Bonchev–Trinajstić information content (AvgIpc) is 2.49. The van der Waals surface area contributed by atoms with Crippen LogP contribution < -0.4 is 10.1 Å². The predicted molar refractivity (Wildman–Crippen MR) is 83.1 cm³/mol. The van der Waals surface area contributed by atoms with Crippen molar-refractivity contribution in [3.63, 3.8) is 0 Å². The number of nitro benzene ring substituents is 1. The van der Waals surface area contributed by atoms with Crippen LogP contribution in [0, 0.1) is 24.0 Å². The van der Waals surface area contributed by atoms with Crippen molar-refractivity contribution in [3.05, 3.63) is 63.7 Å². The van der Waals surface area contributed by atoms with Crippen molar-refractivity contribution in [2.45, 2.75) is 13.8 Å². The minimum absolute atomic E-state index is 0.151. The van der Waals surface area contributed by atoms with Gasteiger partial charge in [0.05, 0.1) is 4.92 Å². The number of amides is 1. The van der Waals surface area contributed by atoms with Crippen LogP contribution in [0.3, 0.4) is 0 Å². The second-order valence-corrected chi connectivity index (χ2v) is 4.86. The topological polar surface area (TPSA) is 81.5 Å². The molecule has 22 heavy (non-hydrogen) atoms. The van der Waals surface area contributed by atoms with E-state index in [4.69, 9.17) is 4.74 Å². The maximum Gasteiger partial charge on any atom is 0.292 e. The molecule has 0 unspecified atom stereocenters. The number of nitro groups is 1. The summed E-state index contributed by atoms with van der Waals surface area (Å²) in [5, 5.41) is 13.4. The van der Waals surface area contributed by atoms with Crippen LogP contribution in [0.2, 0.25) is 0 Å². The van der Waals surface area contributed by atoms with Crippen LogP contribution >= 0.6 is 0 Å². The Bertz CT molecular complexity index is 713. The lowest BCUT2D eigenvalue weighted by Gasteiger charge is -2.09. The van der Waals surface area contributed by atoms with E-state index < -0.39 is 10.8 Å². The third kappa shape index (κ3) is 3.82. The Hall–Kier alpha value is -2.89. The number of aryl methyl sites for hydroxylation is 2. The minimum atomic E-state index is -0.542. The summed E-state index contributed by atoms with van der Waals surface area (Å²) in [6.45, 7) is 3.73. The highest BCUT2D eigenvalue weighted by atomic mass is 16.6. The van der Waals surface area contributed by atoms with Crippen molar-refractivity contribution in [2.24, 2.45) is 0 Å². The van der Waals surface area contributed by atoms with Crippen molar-refractivity contribution in [3.8, 4) is 5.75 Å². The van der Waals surface area contributed by atoms with Crippen LogP contribution in [0.25, 0.3) is 0 Å². The highest BCUT2D eigenvalue weighted by molar-refractivity contribution is 5.94. The van der Waals surface area contributed by atoms with Crippen LogP contribution in [-0.2, 0) is 4.79 Å². The Morgan fingerprint density at radius 1 is 1.18 bits per heavy atom. The number of anilines is 1. The molecule has 114 valence electrons. The van der Waals surface area contributed by atoms with E-state index in [1.54, 1.807) is 18.2 Å². The summed E-state index contributed by atoms with van der Waals surface area (Å²) in [7, 11) is 0. The quantitative estimate of drug-likeness (QED) is 0.679. The van der Waals surface area contributed by atoms with Gasteiger partial charge in [-0.2, -0.15) is 0 Å². The molecule has 0 fully saturated rings. The van der Waals surface area contributed by atoms with Gasteiger partial charge in [-0.1, -0.05) is 18.2 Å². The monoisotopic (exact) mass is 300 g/mol. The molecule has 1 N–H and O–H groups in total. The van der Waals surface area contributed by atoms with Gasteiger partial charge in [0.1, 0.15) is 11.4 Å². The molecular weight excluding hydrogens is 284 g/mol. The van der Waals surface area contributed by atoms with Crippen LogP contribution in [0.1, 0.15) is 11.1 Å². The SMILES string of the molecule is Cc1ccc(OCC(=O)Nc2ccccc2[N+](=O)[O-])cc1C. The lowest BCUT2D eigenvalue weighted by Crippen LogP contribution is -2.20. The number of hydrogen-bond acceptors (Lipinski definition) is 4. The van der Waals surface area contributed by atoms with E-state index in [0.29, 0.717) is 5.75 Å². The zero-order chi connectivity index (χ0) is 16.1. The number of carbonyl (C=O) groups is 1. The Labute approximate surface area is 127 Å². The van der Waals surface area contributed by atoms with E-state index in [1.807, 2.05) is 26.0 Å². The number of nitrogens with one attached hydrogen (secondary N) is 1. The van der Waals surface area contributed by atoms with E-state index in [1.165, 1.54) is 12.1 Å². The fraction of sp³-hybridized carbons (Fsp3) is 0.188. The number of ether oxygens (including phenoxy) is 1. The second kappa shape index (κ2) is 6.71.